The lowest BCUT2D eigenvalue weighted by atomic mass is 10.1. The van der Waals surface area contributed by atoms with Crippen LogP contribution in [0, 0.1) is 27.7 Å². The molecule has 2 aromatic carbocycles. The molecule has 0 amide bonds. The van der Waals surface area contributed by atoms with Crippen molar-refractivity contribution in [3.63, 3.8) is 0 Å². The van der Waals surface area contributed by atoms with Gasteiger partial charge in [0.15, 0.2) is 0 Å². The Labute approximate surface area is 153 Å². The summed E-state index contributed by atoms with van der Waals surface area (Å²) in [5.41, 5.74) is 5.40. The van der Waals surface area contributed by atoms with Crippen molar-refractivity contribution in [3.05, 3.63) is 58.7 Å². The second kappa shape index (κ2) is 7.66. The minimum atomic E-state index is -0.727. The molecule has 26 heavy (non-hydrogen) atoms. The minimum absolute atomic E-state index is 0.173. The molecule has 1 unspecified atom stereocenters. The molecule has 0 radical (unpaired) electrons. The maximum atomic E-state index is 10.3. The number of ether oxygens (including phenoxy) is 1. The van der Waals surface area contributed by atoms with Crippen LogP contribution in [0.15, 0.2) is 36.4 Å². The summed E-state index contributed by atoms with van der Waals surface area (Å²) < 4.78 is 5.85. The third-order valence-electron chi connectivity index (χ3n) is 4.43. The third-order valence-corrected chi connectivity index (χ3v) is 4.43. The molecule has 1 N–H and O–H groups in total. The lowest BCUT2D eigenvalue weighted by molar-refractivity contribution is 0.0843. The molecule has 0 spiro atoms. The summed E-state index contributed by atoms with van der Waals surface area (Å²) in [5.74, 6) is 1.37. The van der Waals surface area contributed by atoms with Crippen molar-refractivity contribution in [2.75, 3.05) is 6.61 Å². The van der Waals surface area contributed by atoms with E-state index in [0.717, 1.165) is 22.4 Å². The smallest absolute Gasteiger partial charge is 0.204 e. The lowest BCUT2D eigenvalue weighted by Crippen LogP contribution is -2.25. The van der Waals surface area contributed by atoms with E-state index in [2.05, 4.69) is 21.5 Å². The first kappa shape index (κ1) is 18.1. The van der Waals surface area contributed by atoms with Gasteiger partial charge in [-0.3, -0.25) is 0 Å². The standard InChI is InChI=1S/C20H24N4O2/c1-13-5-9-17(10-6-13)20-21-23-24(22-20)11-18(25)12-26-19-15(3)8-7-14(2)16(19)4/h5-10,18,25H,11-12H2,1-4H3. The number of hydrogen-bond acceptors (Lipinski definition) is 5. The van der Waals surface area contributed by atoms with Crippen LogP contribution in [0.1, 0.15) is 22.3 Å². The van der Waals surface area contributed by atoms with Gasteiger partial charge in [-0.2, -0.15) is 4.80 Å². The van der Waals surface area contributed by atoms with Gasteiger partial charge in [0.25, 0.3) is 0 Å². The molecule has 1 atom stereocenters. The highest BCUT2D eigenvalue weighted by Crippen LogP contribution is 2.25. The van der Waals surface area contributed by atoms with E-state index in [4.69, 9.17) is 4.74 Å². The molecule has 0 fully saturated rings. The Morgan fingerprint density at radius 2 is 1.69 bits per heavy atom. The summed E-state index contributed by atoms with van der Waals surface area (Å²) >= 11 is 0. The Morgan fingerprint density at radius 3 is 2.42 bits per heavy atom. The lowest BCUT2D eigenvalue weighted by Gasteiger charge is -2.16. The first-order chi connectivity index (χ1) is 12.4. The molecule has 6 heteroatoms. The van der Waals surface area contributed by atoms with Gasteiger partial charge in [0, 0.05) is 5.56 Å². The van der Waals surface area contributed by atoms with Crippen LogP contribution in [0.4, 0.5) is 0 Å². The monoisotopic (exact) mass is 352 g/mol. The van der Waals surface area contributed by atoms with Crippen molar-refractivity contribution < 1.29 is 9.84 Å². The largest absolute Gasteiger partial charge is 0.490 e. The number of rotatable bonds is 6. The van der Waals surface area contributed by atoms with Gasteiger partial charge < -0.3 is 9.84 Å². The molecule has 1 heterocycles. The number of tetrazole rings is 1. The van der Waals surface area contributed by atoms with E-state index in [0.29, 0.717) is 5.82 Å². The normalized spacial score (nSPS) is 12.2. The number of aliphatic hydroxyl groups is 1. The van der Waals surface area contributed by atoms with Crippen LogP contribution < -0.4 is 4.74 Å². The molecule has 0 saturated carbocycles. The molecule has 0 aliphatic rings. The van der Waals surface area contributed by atoms with Crippen LogP contribution >= 0.6 is 0 Å². The molecule has 136 valence electrons. The maximum absolute atomic E-state index is 10.3. The Hall–Kier alpha value is -2.73. The Balaban J connectivity index is 1.61. The SMILES string of the molecule is Cc1ccc(-c2nnn(CC(O)COc3c(C)ccc(C)c3C)n2)cc1. The number of nitrogens with zero attached hydrogens (tertiary/aromatic N) is 4. The fraction of sp³-hybridized carbons (Fsp3) is 0.350. The molecule has 0 saturated heterocycles. The molecule has 6 nitrogen and oxygen atoms in total. The summed E-state index contributed by atoms with van der Waals surface area (Å²) in [6.45, 7) is 8.50. The van der Waals surface area contributed by atoms with Gasteiger partial charge in [0.1, 0.15) is 18.5 Å². The van der Waals surface area contributed by atoms with Crippen LogP contribution in [-0.2, 0) is 6.54 Å². The van der Waals surface area contributed by atoms with Crippen molar-refractivity contribution in [2.24, 2.45) is 0 Å². The van der Waals surface area contributed by atoms with Crippen molar-refractivity contribution in [1.29, 1.82) is 0 Å². The molecule has 3 rings (SSSR count). The van der Waals surface area contributed by atoms with Gasteiger partial charge in [-0.05, 0) is 49.6 Å². The minimum Gasteiger partial charge on any atom is -0.490 e. The summed E-state index contributed by atoms with van der Waals surface area (Å²) in [6.07, 6.45) is -0.727. The quantitative estimate of drug-likeness (QED) is 0.738. The van der Waals surface area contributed by atoms with Crippen molar-refractivity contribution in [1.82, 2.24) is 20.2 Å². The summed E-state index contributed by atoms with van der Waals surface area (Å²) in [7, 11) is 0. The van der Waals surface area contributed by atoms with Crippen LogP contribution in [0.25, 0.3) is 11.4 Å². The van der Waals surface area contributed by atoms with E-state index < -0.39 is 6.10 Å². The molecule has 3 aromatic rings. The van der Waals surface area contributed by atoms with Gasteiger partial charge in [0.05, 0.1) is 6.54 Å². The maximum Gasteiger partial charge on any atom is 0.204 e. The van der Waals surface area contributed by atoms with Crippen molar-refractivity contribution >= 4 is 0 Å². The van der Waals surface area contributed by atoms with E-state index in [1.807, 2.05) is 58.0 Å². The van der Waals surface area contributed by atoms with Crippen LogP contribution in [0.5, 0.6) is 5.75 Å². The number of aryl methyl sites for hydroxylation is 3. The summed E-state index contributed by atoms with van der Waals surface area (Å²) in [4.78, 5) is 1.40. The zero-order chi connectivity index (χ0) is 18.7. The molecule has 0 aliphatic carbocycles. The Bertz CT molecular complexity index is 887. The van der Waals surface area contributed by atoms with E-state index in [9.17, 15) is 5.11 Å². The number of hydrogen-bond donors (Lipinski definition) is 1. The molecule has 0 bridgehead atoms. The first-order valence-electron chi connectivity index (χ1n) is 8.66. The fourth-order valence-electron chi connectivity index (χ4n) is 2.71. The topological polar surface area (TPSA) is 73.1 Å². The average Bonchev–Trinajstić information content (AvgIpc) is 3.07. The third kappa shape index (κ3) is 4.08. The fourth-order valence-corrected chi connectivity index (χ4v) is 2.71. The Kier molecular flexibility index (Phi) is 5.32. The predicted molar refractivity (Wildman–Crippen MR) is 100 cm³/mol. The molecular formula is C20H24N4O2. The van der Waals surface area contributed by atoms with E-state index in [1.54, 1.807) is 0 Å². The van der Waals surface area contributed by atoms with Gasteiger partial charge in [-0.1, -0.05) is 42.0 Å². The Morgan fingerprint density at radius 1 is 1.00 bits per heavy atom. The van der Waals surface area contributed by atoms with Gasteiger partial charge >= 0.3 is 0 Å². The average molecular weight is 352 g/mol. The number of aromatic nitrogens is 4. The molecule has 0 aliphatic heterocycles. The highest BCUT2D eigenvalue weighted by Gasteiger charge is 2.13. The molecule has 1 aromatic heterocycles. The van der Waals surface area contributed by atoms with Gasteiger partial charge in [-0.15, -0.1) is 10.2 Å². The second-order valence-electron chi connectivity index (χ2n) is 6.65. The van der Waals surface area contributed by atoms with Crippen LogP contribution in [0.2, 0.25) is 0 Å². The van der Waals surface area contributed by atoms with E-state index in [-0.39, 0.29) is 13.2 Å². The highest BCUT2D eigenvalue weighted by atomic mass is 16.5. The van der Waals surface area contributed by atoms with E-state index >= 15 is 0 Å². The predicted octanol–water partition coefficient (Wildman–Crippen LogP) is 3.01. The van der Waals surface area contributed by atoms with E-state index in [1.165, 1.54) is 15.9 Å². The van der Waals surface area contributed by atoms with Gasteiger partial charge in [-0.25, -0.2) is 0 Å². The number of aliphatic hydroxyl groups excluding tert-OH is 1. The first-order valence-corrected chi connectivity index (χ1v) is 8.66. The number of benzene rings is 2. The van der Waals surface area contributed by atoms with Crippen molar-refractivity contribution in [2.45, 2.75) is 40.3 Å². The second-order valence-corrected chi connectivity index (χ2v) is 6.65. The van der Waals surface area contributed by atoms with Crippen LogP contribution in [-0.4, -0.2) is 38.0 Å². The highest BCUT2D eigenvalue weighted by molar-refractivity contribution is 5.54. The van der Waals surface area contributed by atoms with Crippen LogP contribution in [0.3, 0.4) is 0 Å². The molecular weight excluding hydrogens is 328 g/mol. The van der Waals surface area contributed by atoms with Gasteiger partial charge in [0.2, 0.25) is 5.82 Å². The summed E-state index contributed by atoms with van der Waals surface area (Å²) in [5, 5.41) is 22.7. The zero-order valence-electron chi connectivity index (χ0n) is 15.6. The zero-order valence-corrected chi connectivity index (χ0v) is 15.6. The summed E-state index contributed by atoms with van der Waals surface area (Å²) in [6, 6.07) is 12.0. The van der Waals surface area contributed by atoms with Crippen molar-refractivity contribution in [3.8, 4) is 17.1 Å².